The van der Waals surface area contributed by atoms with Gasteiger partial charge in [-0.3, -0.25) is 0 Å². The molecule has 3 fully saturated rings. The molecule has 0 aliphatic carbocycles. The fraction of sp³-hybridized carbons (Fsp3) is 0.500. The largest absolute Gasteiger partial charge is 0.362 e. The summed E-state index contributed by atoms with van der Waals surface area (Å²) < 4.78 is 18.9. The Morgan fingerprint density at radius 1 is 1.35 bits per heavy atom. The zero-order chi connectivity index (χ0) is 13.7. The third-order valence-corrected chi connectivity index (χ3v) is 4.80. The van der Waals surface area contributed by atoms with Gasteiger partial charge in [-0.1, -0.05) is 16.8 Å². The SMILES string of the molecule is Fc1c(Cl)ccc2c(N[C@@H]3CN4CCC3CC4)noc12. The number of benzene rings is 1. The Morgan fingerprint density at radius 2 is 2.15 bits per heavy atom. The lowest BCUT2D eigenvalue weighted by molar-refractivity contribution is 0.0973. The Balaban J connectivity index is 1.65. The summed E-state index contributed by atoms with van der Waals surface area (Å²) in [7, 11) is 0. The molecule has 3 aliphatic rings. The van der Waals surface area contributed by atoms with E-state index in [9.17, 15) is 4.39 Å². The predicted molar refractivity (Wildman–Crippen MR) is 75.6 cm³/mol. The van der Waals surface area contributed by atoms with E-state index in [2.05, 4.69) is 15.4 Å². The number of aromatic nitrogens is 1. The molecule has 1 N–H and O–H groups in total. The van der Waals surface area contributed by atoms with Crippen LogP contribution < -0.4 is 5.32 Å². The summed E-state index contributed by atoms with van der Waals surface area (Å²) in [6, 6.07) is 3.66. The number of fused-ring (bicyclic) bond motifs is 4. The van der Waals surface area contributed by atoms with Gasteiger partial charge in [-0.15, -0.1) is 0 Å². The van der Waals surface area contributed by atoms with Gasteiger partial charge >= 0.3 is 0 Å². The van der Waals surface area contributed by atoms with Gasteiger partial charge in [0.05, 0.1) is 10.4 Å². The molecule has 106 valence electrons. The monoisotopic (exact) mass is 295 g/mol. The molecular weight excluding hydrogens is 281 g/mol. The number of anilines is 1. The van der Waals surface area contributed by atoms with Gasteiger partial charge in [0.2, 0.25) is 5.58 Å². The molecule has 0 amide bonds. The van der Waals surface area contributed by atoms with Crippen LogP contribution in [0.5, 0.6) is 0 Å². The van der Waals surface area contributed by atoms with E-state index in [1.807, 2.05) is 0 Å². The molecule has 0 saturated carbocycles. The molecule has 1 aromatic heterocycles. The first-order valence-electron chi connectivity index (χ1n) is 6.94. The van der Waals surface area contributed by atoms with Crippen LogP contribution in [-0.4, -0.2) is 35.7 Å². The van der Waals surface area contributed by atoms with Crippen LogP contribution in [0.2, 0.25) is 5.02 Å². The van der Waals surface area contributed by atoms with Gasteiger partial charge in [-0.25, -0.2) is 4.39 Å². The third kappa shape index (κ3) is 1.88. The third-order valence-electron chi connectivity index (χ3n) is 4.51. The highest BCUT2D eigenvalue weighted by atomic mass is 35.5. The van der Waals surface area contributed by atoms with Crippen LogP contribution >= 0.6 is 11.6 Å². The number of halogens is 2. The topological polar surface area (TPSA) is 41.3 Å². The van der Waals surface area contributed by atoms with Gasteiger partial charge in [0.15, 0.2) is 11.6 Å². The van der Waals surface area contributed by atoms with E-state index < -0.39 is 5.82 Å². The molecule has 1 aromatic carbocycles. The highest BCUT2D eigenvalue weighted by Gasteiger charge is 2.34. The smallest absolute Gasteiger partial charge is 0.206 e. The maximum atomic E-state index is 13.8. The van der Waals surface area contributed by atoms with E-state index in [0.29, 0.717) is 23.2 Å². The molecule has 1 atom stereocenters. The van der Waals surface area contributed by atoms with Crippen LogP contribution in [0, 0.1) is 11.7 Å². The fourth-order valence-corrected chi connectivity index (χ4v) is 3.51. The highest BCUT2D eigenvalue weighted by molar-refractivity contribution is 6.31. The maximum Gasteiger partial charge on any atom is 0.206 e. The van der Waals surface area contributed by atoms with Crippen LogP contribution in [0.1, 0.15) is 12.8 Å². The van der Waals surface area contributed by atoms with Crippen LogP contribution in [0.25, 0.3) is 11.0 Å². The van der Waals surface area contributed by atoms with Crippen LogP contribution in [-0.2, 0) is 0 Å². The van der Waals surface area contributed by atoms with Gasteiger partial charge in [0, 0.05) is 12.6 Å². The van der Waals surface area contributed by atoms with Gasteiger partial charge in [0.25, 0.3) is 0 Å². The first kappa shape index (κ1) is 12.4. The molecule has 0 radical (unpaired) electrons. The number of nitrogens with zero attached hydrogens (tertiary/aromatic N) is 2. The number of hydrogen-bond donors (Lipinski definition) is 1. The molecular formula is C14H15ClFN3O. The van der Waals surface area contributed by atoms with Crippen molar-refractivity contribution < 1.29 is 8.91 Å². The second kappa shape index (κ2) is 4.60. The molecule has 5 rings (SSSR count). The van der Waals surface area contributed by atoms with E-state index in [1.165, 1.54) is 32.0 Å². The van der Waals surface area contributed by atoms with Crippen molar-refractivity contribution >= 4 is 28.4 Å². The van der Waals surface area contributed by atoms with E-state index in [1.54, 1.807) is 6.07 Å². The van der Waals surface area contributed by atoms with Crippen molar-refractivity contribution in [3.63, 3.8) is 0 Å². The molecule has 0 spiro atoms. The molecule has 4 heterocycles. The first-order chi connectivity index (χ1) is 9.72. The molecule has 2 aromatic rings. The number of piperidine rings is 3. The number of hydrogen-bond acceptors (Lipinski definition) is 4. The molecule has 0 unspecified atom stereocenters. The number of rotatable bonds is 2. The zero-order valence-corrected chi connectivity index (χ0v) is 11.7. The van der Waals surface area contributed by atoms with Crippen LogP contribution in [0.4, 0.5) is 10.2 Å². The normalized spacial score (nSPS) is 29.0. The lowest BCUT2D eigenvalue weighted by Crippen LogP contribution is -2.53. The zero-order valence-electron chi connectivity index (χ0n) is 10.9. The van der Waals surface area contributed by atoms with Crippen molar-refractivity contribution in [2.45, 2.75) is 18.9 Å². The van der Waals surface area contributed by atoms with E-state index in [4.69, 9.17) is 16.1 Å². The van der Waals surface area contributed by atoms with Crippen LogP contribution in [0.3, 0.4) is 0 Å². The van der Waals surface area contributed by atoms with Crippen molar-refractivity contribution in [2.75, 3.05) is 25.0 Å². The highest BCUT2D eigenvalue weighted by Crippen LogP contribution is 2.33. The minimum absolute atomic E-state index is 0.0584. The Labute approximate surface area is 120 Å². The quantitative estimate of drug-likeness (QED) is 0.924. The fourth-order valence-electron chi connectivity index (χ4n) is 3.36. The summed E-state index contributed by atoms with van der Waals surface area (Å²) in [5.74, 6) is 0.747. The lowest BCUT2D eigenvalue weighted by Gasteiger charge is -2.44. The summed E-state index contributed by atoms with van der Waals surface area (Å²) in [6.45, 7) is 3.40. The van der Waals surface area contributed by atoms with Crippen molar-refractivity contribution in [3.8, 4) is 0 Å². The molecule has 3 saturated heterocycles. The average molecular weight is 296 g/mol. The van der Waals surface area contributed by atoms with Crippen molar-refractivity contribution in [1.82, 2.24) is 10.1 Å². The molecule has 6 heteroatoms. The van der Waals surface area contributed by atoms with Crippen molar-refractivity contribution in [1.29, 1.82) is 0 Å². The van der Waals surface area contributed by atoms with Gasteiger partial charge in [0.1, 0.15) is 0 Å². The maximum absolute atomic E-state index is 13.8. The Hall–Kier alpha value is -1.33. The van der Waals surface area contributed by atoms with E-state index in [0.717, 1.165) is 6.54 Å². The van der Waals surface area contributed by atoms with E-state index >= 15 is 0 Å². The summed E-state index contributed by atoms with van der Waals surface area (Å²) in [5.41, 5.74) is 0.126. The lowest BCUT2D eigenvalue weighted by atomic mass is 9.84. The second-order valence-corrected chi connectivity index (χ2v) is 6.07. The second-order valence-electron chi connectivity index (χ2n) is 5.66. The van der Waals surface area contributed by atoms with Gasteiger partial charge in [-0.05, 0) is 44.0 Å². The number of nitrogens with one attached hydrogen (secondary N) is 1. The average Bonchev–Trinajstić information content (AvgIpc) is 2.88. The van der Waals surface area contributed by atoms with Crippen LogP contribution in [0.15, 0.2) is 16.7 Å². The van der Waals surface area contributed by atoms with Gasteiger partial charge < -0.3 is 14.7 Å². The summed E-state index contributed by atoms with van der Waals surface area (Å²) in [4.78, 5) is 2.46. The Morgan fingerprint density at radius 3 is 2.85 bits per heavy atom. The Kier molecular flexibility index (Phi) is 2.86. The molecule has 3 aliphatic heterocycles. The predicted octanol–water partition coefficient (Wildman–Crippen LogP) is 3.13. The van der Waals surface area contributed by atoms with E-state index in [-0.39, 0.29) is 10.6 Å². The summed E-state index contributed by atoms with van der Waals surface area (Å²) in [6.07, 6.45) is 2.43. The first-order valence-corrected chi connectivity index (χ1v) is 7.32. The minimum atomic E-state index is -0.543. The summed E-state index contributed by atoms with van der Waals surface area (Å²) >= 11 is 5.75. The standard InChI is InChI=1S/C14H15ClFN3O/c15-10-2-1-9-13(12(10)16)20-18-14(9)17-11-7-19-5-3-8(11)4-6-19/h1-2,8,11H,3-7H2,(H,17,18)/t11-/m1/s1. The van der Waals surface area contributed by atoms with Crippen molar-refractivity contribution in [2.24, 2.45) is 5.92 Å². The van der Waals surface area contributed by atoms with Crippen molar-refractivity contribution in [3.05, 3.63) is 23.0 Å². The summed E-state index contributed by atoms with van der Waals surface area (Å²) in [5, 5.41) is 8.11. The minimum Gasteiger partial charge on any atom is -0.362 e. The Bertz CT molecular complexity index is 651. The molecule has 4 nitrogen and oxygen atoms in total. The molecule has 20 heavy (non-hydrogen) atoms. The molecule has 2 bridgehead atoms. The van der Waals surface area contributed by atoms with Gasteiger partial charge in [-0.2, -0.15) is 0 Å².